The highest BCUT2D eigenvalue weighted by atomic mass is 32.2. The molecule has 0 radical (unpaired) electrons. The van der Waals surface area contributed by atoms with Gasteiger partial charge in [-0.2, -0.15) is 5.10 Å². The molecule has 0 aliphatic carbocycles. The zero-order chi connectivity index (χ0) is 20.8. The number of fused-ring (bicyclic) bond motifs is 1. The molecule has 0 spiro atoms. The van der Waals surface area contributed by atoms with E-state index in [-0.39, 0.29) is 48.8 Å². The number of H-pyrrole nitrogens is 1. The van der Waals surface area contributed by atoms with Crippen LogP contribution >= 0.6 is 0 Å². The second-order valence-corrected chi connectivity index (χ2v) is 10.1. The van der Waals surface area contributed by atoms with Gasteiger partial charge >= 0.3 is 0 Å². The average molecular weight is 420 g/mol. The highest BCUT2D eigenvalue weighted by molar-refractivity contribution is 7.92. The fourth-order valence-electron chi connectivity index (χ4n) is 4.22. The Morgan fingerprint density at radius 3 is 2.79 bits per heavy atom. The number of furan rings is 1. The van der Waals surface area contributed by atoms with Crippen molar-refractivity contribution < 1.29 is 22.4 Å². The molecular formula is C19H24N4O5S. The molecule has 0 bridgehead atoms. The van der Waals surface area contributed by atoms with Crippen LogP contribution in [0.4, 0.5) is 0 Å². The number of carbonyl (C=O) groups is 2. The number of amides is 2. The molecule has 2 saturated heterocycles. The van der Waals surface area contributed by atoms with Gasteiger partial charge in [0.2, 0.25) is 5.91 Å². The summed E-state index contributed by atoms with van der Waals surface area (Å²) in [6.45, 7) is 4.28. The smallest absolute Gasteiger partial charge is 0.289 e. The third kappa shape index (κ3) is 3.68. The Hall–Kier alpha value is -2.62. The number of hydrogen-bond donors (Lipinski definition) is 2. The first kappa shape index (κ1) is 19.7. The van der Waals surface area contributed by atoms with Crippen LogP contribution in [0.2, 0.25) is 0 Å². The summed E-state index contributed by atoms with van der Waals surface area (Å²) in [4.78, 5) is 26.5. The van der Waals surface area contributed by atoms with Crippen molar-refractivity contribution in [1.82, 2.24) is 20.4 Å². The van der Waals surface area contributed by atoms with Gasteiger partial charge in [0.05, 0.1) is 23.0 Å². The van der Waals surface area contributed by atoms with Crippen molar-refractivity contribution in [2.45, 2.75) is 38.0 Å². The summed E-state index contributed by atoms with van der Waals surface area (Å²) in [6, 6.07) is 2.68. The molecule has 2 aromatic rings. The topological polar surface area (TPSA) is 125 Å². The molecule has 0 aromatic carbocycles. The van der Waals surface area contributed by atoms with Crippen molar-refractivity contribution in [2.24, 2.45) is 5.92 Å². The van der Waals surface area contributed by atoms with Crippen molar-refractivity contribution in [1.29, 1.82) is 0 Å². The summed E-state index contributed by atoms with van der Waals surface area (Å²) in [5, 5.41) is 9.32. The number of aryl methyl sites for hydroxylation is 2. The number of rotatable bonds is 5. The van der Waals surface area contributed by atoms with Gasteiger partial charge in [-0.3, -0.25) is 14.7 Å². The third-order valence-electron chi connectivity index (χ3n) is 6.01. The summed E-state index contributed by atoms with van der Waals surface area (Å²) in [7, 11) is -3.38. The molecule has 2 amide bonds. The Labute approximate surface area is 168 Å². The highest BCUT2D eigenvalue weighted by Gasteiger charge is 2.53. The largest absolute Gasteiger partial charge is 0.459 e. The maximum absolute atomic E-state index is 12.6. The Bertz CT molecular complexity index is 1030. The van der Waals surface area contributed by atoms with Crippen LogP contribution in [-0.4, -0.2) is 65.5 Å². The summed E-state index contributed by atoms with van der Waals surface area (Å²) in [5.41, 5.74) is 2.84. The number of aromatic amines is 1. The molecule has 156 valence electrons. The molecule has 2 aliphatic rings. The van der Waals surface area contributed by atoms with Gasteiger partial charge in [0.1, 0.15) is 0 Å². The normalized spacial score (nSPS) is 25.2. The maximum Gasteiger partial charge on any atom is 0.289 e. The number of aromatic nitrogens is 2. The first-order valence-electron chi connectivity index (χ1n) is 9.60. The predicted molar refractivity (Wildman–Crippen MR) is 104 cm³/mol. The lowest BCUT2D eigenvalue weighted by Gasteiger charge is -2.20. The van der Waals surface area contributed by atoms with Crippen molar-refractivity contribution in [3.8, 4) is 0 Å². The first-order valence-corrected chi connectivity index (χ1v) is 11.3. The summed E-state index contributed by atoms with van der Waals surface area (Å²) >= 11 is 0. The van der Waals surface area contributed by atoms with E-state index < -0.39 is 21.1 Å². The van der Waals surface area contributed by atoms with E-state index in [9.17, 15) is 18.0 Å². The van der Waals surface area contributed by atoms with E-state index in [1.165, 1.54) is 11.2 Å². The minimum absolute atomic E-state index is 0.0859. The van der Waals surface area contributed by atoms with Crippen molar-refractivity contribution in [2.75, 3.05) is 18.8 Å². The SMILES string of the molecule is Cc1[nH]nc(CCC(=O)N[C@@H]2CS(=O)(=O)[C@H]3CN(C(=O)c4ccco4)C[C@@H]23)c1C. The lowest BCUT2D eigenvalue weighted by molar-refractivity contribution is -0.121. The standard InChI is InChI=1S/C19H24N4O5S/c1-11-12(2)21-22-14(11)5-6-18(24)20-15-10-29(26,27)17-9-23(8-13(15)17)19(25)16-4-3-7-28-16/h3-4,7,13,15,17H,5-6,8-10H2,1-2H3,(H,20,24)(H,21,22)/t13-,15+,17-/m0/s1. The van der Waals surface area contributed by atoms with E-state index >= 15 is 0 Å². The maximum atomic E-state index is 12.6. The van der Waals surface area contributed by atoms with Gasteiger partial charge in [0.25, 0.3) is 5.91 Å². The first-order chi connectivity index (χ1) is 13.8. The Morgan fingerprint density at radius 2 is 2.14 bits per heavy atom. The second-order valence-electron chi connectivity index (χ2n) is 7.81. The molecule has 0 saturated carbocycles. The predicted octanol–water partition coefficient (Wildman–Crippen LogP) is 0.606. The van der Waals surface area contributed by atoms with E-state index in [2.05, 4.69) is 15.5 Å². The van der Waals surface area contributed by atoms with Crippen molar-refractivity contribution in [3.05, 3.63) is 41.1 Å². The van der Waals surface area contributed by atoms with Gasteiger partial charge < -0.3 is 14.6 Å². The fourth-order valence-corrected chi connectivity index (χ4v) is 6.52. The van der Waals surface area contributed by atoms with Crippen molar-refractivity contribution in [3.63, 3.8) is 0 Å². The Kier molecular flexibility index (Phi) is 4.97. The van der Waals surface area contributed by atoms with E-state index in [1.807, 2.05) is 13.8 Å². The molecule has 2 fully saturated rings. The minimum Gasteiger partial charge on any atom is -0.459 e. The highest BCUT2D eigenvalue weighted by Crippen LogP contribution is 2.34. The molecule has 10 heteroatoms. The summed E-state index contributed by atoms with van der Waals surface area (Å²) < 4.78 is 30.3. The van der Waals surface area contributed by atoms with Gasteiger partial charge in [-0.1, -0.05) is 0 Å². The van der Waals surface area contributed by atoms with Gasteiger partial charge in [-0.15, -0.1) is 0 Å². The molecule has 2 aromatic heterocycles. The quantitative estimate of drug-likeness (QED) is 0.730. The lowest BCUT2D eigenvalue weighted by Crippen LogP contribution is -2.42. The van der Waals surface area contributed by atoms with Crippen LogP contribution in [0.25, 0.3) is 0 Å². The molecule has 4 rings (SSSR count). The number of nitrogens with one attached hydrogen (secondary N) is 2. The van der Waals surface area contributed by atoms with Crippen LogP contribution in [0.1, 0.15) is 33.9 Å². The number of likely N-dealkylation sites (tertiary alicyclic amines) is 1. The fraction of sp³-hybridized carbons (Fsp3) is 0.526. The lowest BCUT2D eigenvalue weighted by atomic mass is 10.00. The Morgan fingerprint density at radius 1 is 1.34 bits per heavy atom. The zero-order valence-electron chi connectivity index (χ0n) is 16.3. The second kappa shape index (κ2) is 7.33. The number of nitrogens with zero attached hydrogens (tertiary/aromatic N) is 2. The van der Waals surface area contributed by atoms with Crippen LogP contribution in [0, 0.1) is 19.8 Å². The van der Waals surface area contributed by atoms with E-state index in [0.29, 0.717) is 6.42 Å². The van der Waals surface area contributed by atoms with Crippen LogP contribution < -0.4 is 5.32 Å². The molecule has 29 heavy (non-hydrogen) atoms. The third-order valence-corrected chi connectivity index (χ3v) is 8.25. The van der Waals surface area contributed by atoms with E-state index in [4.69, 9.17) is 4.42 Å². The van der Waals surface area contributed by atoms with Gasteiger partial charge in [0.15, 0.2) is 15.6 Å². The van der Waals surface area contributed by atoms with Crippen LogP contribution in [0.15, 0.2) is 22.8 Å². The van der Waals surface area contributed by atoms with Gasteiger partial charge in [0, 0.05) is 43.6 Å². The van der Waals surface area contributed by atoms with Crippen LogP contribution in [0.3, 0.4) is 0 Å². The number of hydrogen-bond acceptors (Lipinski definition) is 6. The molecule has 0 unspecified atom stereocenters. The van der Waals surface area contributed by atoms with Crippen LogP contribution in [0.5, 0.6) is 0 Å². The van der Waals surface area contributed by atoms with Crippen LogP contribution in [-0.2, 0) is 21.1 Å². The summed E-state index contributed by atoms with van der Waals surface area (Å²) in [5.74, 6) is -0.738. The van der Waals surface area contributed by atoms with Gasteiger partial charge in [-0.05, 0) is 31.5 Å². The van der Waals surface area contributed by atoms with Crippen molar-refractivity contribution >= 4 is 21.7 Å². The molecule has 3 atom stereocenters. The summed E-state index contributed by atoms with van der Waals surface area (Å²) in [6.07, 6.45) is 2.12. The monoisotopic (exact) mass is 420 g/mol. The number of carbonyl (C=O) groups excluding carboxylic acids is 2. The molecule has 2 N–H and O–H groups in total. The Balaban J connectivity index is 1.40. The van der Waals surface area contributed by atoms with E-state index in [0.717, 1.165) is 17.0 Å². The average Bonchev–Trinajstić information content (AvgIpc) is 3.43. The molecule has 2 aliphatic heterocycles. The number of sulfone groups is 1. The molecular weight excluding hydrogens is 396 g/mol. The van der Waals surface area contributed by atoms with E-state index in [1.54, 1.807) is 12.1 Å². The molecule has 9 nitrogen and oxygen atoms in total. The molecule has 4 heterocycles. The van der Waals surface area contributed by atoms with Gasteiger partial charge in [-0.25, -0.2) is 8.42 Å². The zero-order valence-corrected chi connectivity index (χ0v) is 17.2. The minimum atomic E-state index is -3.38.